The molecule has 3 aliphatic rings. The van der Waals surface area contributed by atoms with E-state index in [1.165, 1.54) is 21.0 Å². The van der Waals surface area contributed by atoms with E-state index in [2.05, 4.69) is 10.0 Å². The molecule has 0 N–H and O–H groups in total. The maximum Gasteiger partial charge on any atom is 0.303 e. The number of ether oxygens (including phenoxy) is 15. The van der Waals surface area contributed by atoms with Crippen molar-refractivity contribution in [3.63, 3.8) is 0 Å². The Kier molecular flexibility index (Phi) is 22.5. The minimum Gasteiger partial charge on any atom is -0.463 e. The zero-order chi connectivity index (χ0) is 54.7. The van der Waals surface area contributed by atoms with Crippen LogP contribution in [0.25, 0.3) is 10.4 Å². The zero-order valence-corrected chi connectivity index (χ0v) is 43.0. The molecule has 3 aromatic rings. The second-order valence-corrected chi connectivity index (χ2v) is 17.7. The summed E-state index contributed by atoms with van der Waals surface area (Å²) in [4.78, 5) is 79.3. The van der Waals surface area contributed by atoms with Gasteiger partial charge in [-0.3, -0.25) is 28.8 Å². The predicted molar refractivity (Wildman–Crippen MR) is 257 cm³/mol. The third kappa shape index (κ3) is 17.0. The maximum absolute atomic E-state index is 13.2. The van der Waals surface area contributed by atoms with Crippen LogP contribution in [0.15, 0.2) is 96.1 Å². The Balaban J connectivity index is 1.51. The van der Waals surface area contributed by atoms with Crippen molar-refractivity contribution in [3.8, 4) is 0 Å². The van der Waals surface area contributed by atoms with Crippen molar-refractivity contribution in [2.45, 2.75) is 153 Å². The van der Waals surface area contributed by atoms with Crippen LogP contribution < -0.4 is 0 Å². The van der Waals surface area contributed by atoms with Crippen LogP contribution in [0.4, 0.5) is 0 Å². The van der Waals surface area contributed by atoms with Gasteiger partial charge in [0.2, 0.25) is 0 Å². The molecule has 0 aromatic heterocycles. The van der Waals surface area contributed by atoms with Crippen LogP contribution in [0.5, 0.6) is 0 Å². The number of azide groups is 1. The molecule has 0 spiro atoms. The number of methoxy groups -OCH3 is 1. The number of nitrogens with zero attached hydrogens (tertiary/aromatic N) is 3. The molecule has 0 bridgehead atoms. The summed E-state index contributed by atoms with van der Waals surface area (Å²) in [6, 6.07) is 25.7. The van der Waals surface area contributed by atoms with Crippen molar-refractivity contribution in [2.24, 2.45) is 5.11 Å². The monoisotopic (exact) mass is 1070 g/mol. The van der Waals surface area contributed by atoms with Crippen molar-refractivity contribution in [3.05, 3.63) is 118 Å². The second kappa shape index (κ2) is 29.1. The average molecular weight is 1070 g/mol. The molecule has 0 saturated carbocycles. The highest BCUT2D eigenvalue weighted by molar-refractivity contribution is 5.69. The quantitative estimate of drug-likeness (QED) is 0.0392. The largest absolute Gasteiger partial charge is 0.463 e. The van der Waals surface area contributed by atoms with E-state index in [0.29, 0.717) is 5.56 Å². The first-order valence-corrected chi connectivity index (χ1v) is 24.3. The number of benzene rings is 3. The Morgan fingerprint density at radius 1 is 0.461 bits per heavy atom. The van der Waals surface area contributed by atoms with E-state index in [1.54, 1.807) is 24.3 Å². The lowest BCUT2D eigenvalue weighted by atomic mass is 9.94. The molecule has 3 heterocycles. The van der Waals surface area contributed by atoms with Gasteiger partial charge in [0.05, 0.1) is 26.4 Å². The molecule has 76 heavy (non-hydrogen) atoms. The molecule has 0 unspecified atom stereocenters. The van der Waals surface area contributed by atoms with E-state index < -0.39 is 141 Å². The van der Waals surface area contributed by atoms with Gasteiger partial charge in [-0.15, -0.1) is 0 Å². The average Bonchev–Trinajstić information content (AvgIpc) is 3.38. The summed E-state index contributed by atoms with van der Waals surface area (Å²) in [6.45, 7) is 5.28. The minimum atomic E-state index is -1.87. The molecule has 0 radical (unpaired) electrons. The first-order chi connectivity index (χ1) is 36.5. The normalized spacial score (nSPS) is 29.1. The lowest BCUT2D eigenvalue weighted by Crippen LogP contribution is -2.68. The van der Waals surface area contributed by atoms with Crippen LogP contribution in [0, 0.1) is 0 Å². The number of esters is 6. The highest BCUT2D eigenvalue weighted by Gasteiger charge is 2.58. The van der Waals surface area contributed by atoms with E-state index >= 15 is 0 Å². The van der Waals surface area contributed by atoms with Crippen LogP contribution in [0.2, 0.25) is 0 Å². The lowest BCUT2D eigenvalue weighted by Gasteiger charge is -2.51. The number of carbonyl (C=O) groups excluding carboxylic acids is 6. The predicted octanol–water partition coefficient (Wildman–Crippen LogP) is 4.50. The van der Waals surface area contributed by atoms with Crippen molar-refractivity contribution in [2.75, 3.05) is 26.9 Å². The summed E-state index contributed by atoms with van der Waals surface area (Å²) in [5, 5.41) is 4.03. The van der Waals surface area contributed by atoms with Crippen molar-refractivity contribution in [1.29, 1.82) is 0 Å². The van der Waals surface area contributed by atoms with Crippen LogP contribution in [-0.2, 0) is 120 Å². The molecule has 3 fully saturated rings. The number of rotatable bonds is 24. The number of carbonyl (C=O) groups is 6. The van der Waals surface area contributed by atoms with E-state index in [-0.39, 0.29) is 26.4 Å². The fraction of sp³-hybridized carbons (Fsp3) is 0.538. The summed E-state index contributed by atoms with van der Waals surface area (Å²) in [5.41, 5.74) is 12.4. The highest BCUT2D eigenvalue weighted by Crippen LogP contribution is 2.39. The molecule has 412 valence electrons. The first kappa shape index (κ1) is 58.7. The van der Waals surface area contributed by atoms with E-state index in [1.807, 2.05) is 66.7 Å². The van der Waals surface area contributed by atoms with Gasteiger partial charge in [-0.05, 0) is 22.2 Å². The van der Waals surface area contributed by atoms with Gasteiger partial charge in [0, 0.05) is 53.6 Å². The van der Waals surface area contributed by atoms with Gasteiger partial charge in [0.25, 0.3) is 0 Å². The topological polar surface area (TPSA) is 290 Å². The molecule has 3 aromatic carbocycles. The molecule has 0 aliphatic carbocycles. The third-order valence-corrected chi connectivity index (χ3v) is 11.9. The van der Waals surface area contributed by atoms with Gasteiger partial charge in [-0.1, -0.05) is 96.1 Å². The molecule has 24 heteroatoms. The Morgan fingerprint density at radius 2 is 0.855 bits per heavy atom. The van der Waals surface area contributed by atoms with E-state index in [9.17, 15) is 34.3 Å². The summed E-state index contributed by atoms with van der Waals surface area (Å²) in [5.74, 6) is -4.89. The minimum absolute atomic E-state index is 0.0183. The van der Waals surface area contributed by atoms with Crippen LogP contribution in [-0.4, -0.2) is 155 Å². The van der Waals surface area contributed by atoms with E-state index in [0.717, 1.165) is 38.8 Å². The van der Waals surface area contributed by atoms with Crippen LogP contribution in [0.1, 0.15) is 58.2 Å². The molecular weight excluding hydrogens is 1000 g/mol. The summed E-state index contributed by atoms with van der Waals surface area (Å²) in [6.07, 6.45) is -21.1. The number of hydrogen-bond acceptors (Lipinski definition) is 22. The second-order valence-electron chi connectivity index (χ2n) is 17.7. The number of hydrogen-bond donors (Lipinski definition) is 0. The zero-order valence-electron chi connectivity index (χ0n) is 43.0. The van der Waals surface area contributed by atoms with Gasteiger partial charge in [0.1, 0.15) is 62.0 Å². The van der Waals surface area contributed by atoms with Gasteiger partial charge in [-0.2, -0.15) is 0 Å². The molecule has 6 rings (SSSR count). The van der Waals surface area contributed by atoms with Gasteiger partial charge >= 0.3 is 35.8 Å². The van der Waals surface area contributed by atoms with Crippen LogP contribution in [0.3, 0.4) is 0 Å². The summed E-state index contributed by atoms with van der Waals surface area (Å²) < 4.78 is 92.5. The highest BCUT2D eigenvalue weighted by atomic mass is 16.8. The first-order valence-electron chi connectivity index (χ1n) is 24.3. The molecule has 24 nitrogen and oxygen atoms in total. The fourth-order valence-electron chi connectivity index (χ4n) is 8.76. The molecule has 0 amide bonds. The standard InChI is InChI=1S/C52H63N3O21/c1-29(56)64-27-39-42(66-24-36-19-13-9-14-20-36)46(69-32(4)59)48(67-25-37-21-15-10-16-22-37)51(73-39)75-43-38(26-63-23-35-17-11-8-12-18-35)72-50(62-7)41(54-55-53)45(43)76-52-49(71-34(6)61)47(70-33(5)60)44(68-31(3)58)40(74-52)28-65-30(2)57/h8-22,38-52H,23-28H2,1-7H3/t38-,39-,40-,41-,42-,43+,44-,45-,46+,47+,48-,49-,50+,51-,52+/m1/s1. The lowest BCUT2D eigenvalue weighted by molar-refractivity contribution is -0.377. The molecule has 3 aliphatic heterocycles. The Bertz CT molecular complexity index is 2410. The molecular formula is C52H63N3O21. The van der Waals surface area contributed by atoms with Gasteiger partial charge < -0.3 is 71.1 Å². The summed E-state index contributed by atoms with van der Waals surface area (Å²) in [7, 11) is 1.27. The maximum atomic E-state index is 13.2. The molecule has 3 saturated heterocycles. The van der Waals surface area contributed by atoms with Crippen molar-refractivity contribution < 1.29 is 99.8 Å². The van der Waals surface area contributed by atoms with Gasteiger partial charge in [0.15, 0.2) is 43.3 Å². The van der Waals surface area contributed by atoms with Crippen molar-refractivity contribution in [1.82, 2.24) is 0 Å². The van der Waals surface area contributed by atoms with Crippen LogP contribution >= 0.6 is 0 Å². The SMILES string of the molecule is CO[C@H]1O[C@H](COCc2ccccc2)[C@H](O[C@H]2O[C@H](COC(C)=O)[C@@H](OCc3ccccc3)[C@H](OC(C)=O)[C@H]2OCc2ccccc2)[C@H](O[C@@H]2O[C@H](COC(C)=O)[C@@H](OC(C)=O)[C@H](OC(C)=O)[C@H]2OC(C)=O)[C@H]1N=[N+]=[N-]. The summed E-state index contributed by atoms with van der Waals surface area (Å²) >= 11 is 0. The Hall–Kier alpha value is -6.57. The van der Waals surface area contributed by atoms with Crippen molar-refractivity contribution >= 4 is 35.8 Å². The smallest absolute Gasteiger partial charge is 0.303 e. The van der Waals surface area contributed by atoms with E-state index in [4.69, 9.17) is 71.1 Å². The Labute approximate surface area is 438 Å². The van der Waals surface area contributed by atoms with Gasteiger partial charge in [-0.25, -0.2) is 0 Å². The fourth-order valence-corrected chi connectivity index (χ4v) is 8.76. The molecule has 15 atom stereocenters. The third-order valence-electron chi connectivity index (χ3n) is 11.9. The Morgan fingerprint density at radius 3 is 1.33 bits per heavy atom.